The number of carbonyl (C=O) groups excluding carboxylic acids is 2. The number of benzene rings is 2. The molecule has 0 heterocycles. The summed E-state index contributed by atoms with van der Waals surface area (Å²) in [6.07, 6.45) is -1.71. The molecule has 1 aliphatic rings. The molecular weight excluding hydrogens is 506 g/mol. The summed E-state index contributed by atoms with van der Waals surface area (Å²) in [5.74, 6) is -3.27. The van der Waals surface area contributed by atoms with Crippen molar-refractivity contribution in [2.24, 2.45) is 11.8 Å². The average Bonchev–Trinajstić information content (AvgIpc) is 2.85. The van der Waals surface area contributed by atoms with E-state index in [9.17, 15) is 22.8 Å². The van der Waals surface area contributed by atoms with E-state index < -0.39 is 41.1 Å². The van der Waals surface area contributed by atoms with E-state index in [0.717, 1.165) is 44.2 Å². The van der Waals surface area contributed by atoms with Crippen LogP contribution in [0.4, 0.5) is 23.2 Å². The first-order valence-electron chi connectivity index (χ1n) is 12.6. The Bertz CT molecular complexity index is 1160. The summed E-state index contributed by atoms with van der Waals surface area (Å²) in [7, 11) is 1.11. The molecule has 208 valence electrons. The number of halogens is 4. The van der Waals surface area contributed by atoms with E-state index in [4.69, 9.17) is 14.6 Å². The number of aliphatic hydroxyl groups is 1. The molecule has 1 amide bonds. The number of esters is 1. The number of hydrogen-bond acceptors (Lipinski definition) is 5. The van der Waals surface area contributed by atoms with Gasteiger partial charge in [-0.1, -0.05) is 13.0 Å². The molecule has 3 rings (SSSR count). The lowest BCUT2D eigenvalue weighted by atomic mass is 9.82. The number of amides is 1. The van der Waals surface area contributed by atoms with Crippen LogP contribution in [-0.2, 0) is 22.1 Å². The highest BCUT2D eigenvalue weighted by molar-refractivity contribution is 6.04. The van der Waals surface area contributed by atoms with E-state index in [1.54, 1.807) is 13.8 Å². The molecule has 38 heavy (non-hydrogen) atoms. The van der Waals surface area contributed by atoms with E-state index >= 15 is 4.39 Å². The lowest BCUT2D eigenvalue weighted by Crippen LogP contribution is -2.43. The number of methoxy groups -OCH3 is 1. The zero-order valence-corrected chi connectivity index (χ0v) is 21.9. The van der Waals surface area contributed by atoms with Gasteiger partial charge in [0.2, 0.25) is 5.91 Å². The third-order valence-corrected chi connectivity index (χ3v) is 6.80. The summed E-state index contributed by atoms with van der Waals surface area (Å²) in [4.78, 5) is 27.6. The maximum Gasteiger partial charge on any atom is 0.419 e. The van der Waals surface area contributed by atoms with Gasteiger partial charge in [0.05, 0.1) is 23.9 Å². The first-order valence-corrected chi connectivity index (χ1v) is 12.6. The molecule has 1 saturated carbocycles. The van der Waals surface area contributed by atoms with Gasteiger partial charge in [-0.15, -0.1) is 0 Å². The molecule has 0 aliphatic heterocycles. The molecule has 2 aromatic carbocycles. The molecule has 6 nitrogen and oxygen atoms in total. The van der Waals surface area contributed by atoms with Crippen molar-refractivity contribution in [3.8, 4) is 11.5 Å². The highest BCUT2D eigenvalue weighted by Gasteiger charge is 2.36. The van der Waals surface area contributed by atoms with E-state index in [-0.39, 0.29) is 41.7 Å². The summed E-state index contributed by atoms with van der Waals surface area (Å²) in [6.45, 7) is 5.24. The van der Waals surface area contributed by atoms with Gasteiger partial charge in [0.1, 0.15) is 5.75 Å². The number of carbonyl (C=O) groups is 2. The molecular formula is C28H33F4NO5. The first kappa shape index (κ1) is 29.4. The van der Waals surface area contributed by atoms with Crippen molar-refractivity contribution in [1.82, 2.24) is 0 Å². The van der Waals surface area contributed by atoms with Gasteiger partial charge < -0.3 is 19.5 Å². The van der Waals surface area contributed by atoms with Crippen LogP contribution in [0.1, 0.15) is 67.9 Å². The number of hydrogen-bond donors (Lipinski definition) is 1. The van der Waals surface area contributed by atoms with Crippen LogP contribution >= 0.6 is 0 Å². The van der Waals surface area contributed by atoms with Crippen LogP contribution in [0, 0.1) is 17.7 Å². The number of aliphatic hydroxyl groups excluding tert-OH is 1. The smallest absolute Gasteiger partial charge is 0.419 e. The van der Waals surface area contributed by atoms with Crippen LogP contribution in [0.15, 0.2) is 30.3 Å². The Kier molecular flexibility index (Phi) is 9.40. The highest BCUT2D eigenvalue weighted by Crippen LogP contribution is 2.41. The predicted molar refractivity (Wildman–Crippen MR) is 134 cm³/mol. The standard InChI is InChI=1S/C28H33F4NO5/c1-16(2)33(26(35)19-8-5-17(3)6-9-19)23-15-22(29)25(14-20(23)27(36)37-4)38-24-10-7-18(11-12-34)13-21(24)28(30,31)32/h7,10,13-17,19,34H,5-6,8-9,11-12H2,1-4H3. The molecule has 0 atom stereocenters. The largest absolute Gasteiger partial charge is 0.465 e. The molecule has 0 unspecified atom stereocenters. The fourth-order valence-electron chi connectivity index (χ4n) is 4.74. The van der Waals surface area contributed by atoms with Gasteiger partial charge in [0.25, 0.3) is 0 Å². The minimum absolute atomic E-state index is 0.00210. The molecule has 1 N–H and O–H groups in total. The average molecular weight is 540 g/mol. The molecule has 0 saturated heterocycles. The molecule has 0 bridgehead atoms. The third-order valence-electron chi connectivity index (χ3n) is 6.80. The van der Waals surface area contributed by atoms with Gasteiger partial charge in [-0.25, -0.2) is 9.18 Å². The van der Waals surface area contributed by atoms with Crippen molar-refractivity contribution < 1.29 is 41.7 Å². The summed E-state index contributed by atoms with van der Waals surface area (Å²) in [5, 5.41) is 9.07. The van der Waals surface area contributed by atoms with Gasteiger partial charge in [-0.2, -0.15) is 13.2 Å². The Morgan fingerprint density at radius 3 is 2.29 bits per heavy atom. The zero-order chi connectivity index (χ0) is 28.2. The second-order valence-corrected chi connectivity index (χ2v) is 9.95. The van der Waals surface area contributed by atoms with Crippen molar-refractivity contribution in [3.63, 3.8) is 0 Å². The molecule has 0 spiro atoms. The van der Waals surface area contributed by atoms with Gasteiger partial charge in [-0.05, 0) is 69.6 Å². The van der Waals surface area contributed by atoms with Gasteiger partial charge >= 0.3 is 12.1 Å². The normalized spacial score (nSPS) is 17.8. The number of nitrogens with zero attached hydrogens (tertiary/aromatic N) is 1. The summed E-state index contributed by atoms with van der Waals surface area (Å²) in [6, 6.07) is 4.64. The van der Waals surface area contributed by atoms with Crippen LogP contribution in [0.25, 0.3) is 0 Å². The summed E-state index contributed by atoms with van der Waals surface area (Å²) < 4.78 is 66.8. The molecule has 1 fully saturated rings. The lowest BCUT2D eigenvalue weighted by molar-refractivity contribution is -0.138. The minimum atomic E-state index is -4.82. The number of ether oxygens (including phenoxy) is 2. The summed E-state index contributed by atoms with van der Waals surface area (Å²) in [5.41, 5.74) is -1.17. The number of rotatable bonds is 8. The second-order valence-electron chi connectivity index (χ2n) is 9.95. The molecule has 1 aliphatic carbocycles. The Morgan fingerprint density at radius 2 is 1.74 bits per heavy atom. The van der Waals surface area contributed by atoms with Crippen molar-refractivity contribution in [2.75, 3.05) is 18.6 Å². The maximum absolute atomic E-state index is 15.4. The van der Waals surface area contributed by atoms with Crippen LogP contribution < -0.4 is 9.64 Å². The van der Waals surface area contributed by atoms with E-state index in [1.165, 1.54) is 11.0 Å². The minimum Gasteiger partial charge on any atom is -0.465 e. The van der Waals surface area contributed by atoms with E-state index in [0.29, 0.717) is 18.8 Å². The Balaban J connectivity index is 2.06. The van der Waals surface area contributed by atoms with Crippen molar-refractivity contribution in [1.29, 1.82) is 0 Å². The molecule has 10 heteroatoms. The highest BCUT2D eigenvalue weighted by atomic mass is 19.4. The van der Waals surface area contributed by atoms with Crippen LogP contribution in [0.3, 0.4) is 0 Å². The zero-order valence-electron chi connectivity index (χ0n) is 21.9. The van der Waals surface area contributed by atoms with Crippen LogP contribution in [0.5, 0.6) is 11.5 Å². The second kappa shape index (κ2) is 12.1. The Morgan fingerprint density at radius 1 is 1.08 bits per heavy atom. The van der Waals surface area contributed by atoms with E-state index in [1.807, 2.05) is 0 Å². The third kappa shape index (κ3) is 6.64. The monoisotopic (exact) mass is 539 g/mol. The van der Waals surface area contributed by atoms with Crippen molar-refractivity contribution in [2.45, 2.75) is 65.1 Å². The fraction of sp³-hybridized carbons (Fsp3) is 0.500. The van der Waals surface area contributed by atoms with Crippen LogP contribution in [-0.4, -0.2) is 36.7 Å². The van der Waals surface area contributed by atoms with Gasteiger partial charge in [0, 0.05) is 30.7 Å². The number of alkyl halides is 3. The predicted octanol–water partition coefficient (Wildman–Crippen LogP) is 6.53. The van der Waals surface area contributed by atoms with E-state index in [2.05, 4.69) is 6.92 Å². The maximum atomic E-state index is 15.4. The fourth-order valence-corrected chi connectivity index (χ4v) is 4.74. The van der Waals surface area contributed by atoms with Gasteiger partial charge in [-0.3, -0.25) is 4.79 Å². The molecule has 2 aromatic rings. The van der Waals surface area contributed by atoms with Crippen LogP contribution in [0.2, 0.25) is 0 Å². The Hall–Kier alpha value is -3.14. The first-order chi connectivity index (χ1) is 17.9. The molecule has 0 radical (unpaired) electrons. The lowest BCUT2D eigenvalue weighted by Gasteiger charge is -2.34. The molecule has 0 aromatic heterocycles. The quantitative estimate of drug-likeness (QED) is 0.305. The summed E-state index contributed by atoms with van der Waals surface area (Å²) >= 11 is 0. The SMILES string of the molecule is COC(=O)c1cc(Oc2ccc(CCO)cc2C(F)(F)F)c(F)cc1N(C(=O)C1CCC(C)CC1)C(C)C. The topological polar surface area (TPSA) is 76.1 Å². The van der Waals surface area contributed by atoms with Gasteiger partial charge in [0.15, 0.2) is 11.6 Å². The number of anilines is 1. The van der Waals surface area contributed by atoms with Crippen molar-refractivity contribution >= 4 is 17.6 Å². The van der Waals surface area contributed by atoms with Crippen molar-refractivity contribution in [3.05, 3.63) is 52.8 Å². The Labute approximate surface area is 219 Å².